The van der Waals surface area contributed by atoms with E-state index in [2.05, 4.69) is 36.4 Å². The SMILES string of the molecule is COc1ncc(C(=O)N[C@@H](C)C2CC2)c(N2CC[C@](C)(NC(=O)OC(C)(C)C)C2)c1Br. The van der Waals surface area contributed by atoms with Crippen LogP contribution in [0, 0.1) is 5.92 Å². The number of carbonyl (C=O) groups excluding carboxylic acids is 2. The maximum absolute atomic E-state index is 13.1. The highest BCUT2D eigenvalue weighted by atomic mass is 79.9. The van der Waals surface area contributed by atoms with Gasteiger partial charge in [0.1, 0.15) is 10.1 Å². The van der Waals surface area contributed by atoms with Gasteiger partial charge in [-0.1, -0.05) is 0 Å². The molecule has 1 aliphatic heterocycles. The molecule has 2 aliphatic rings. The molecule has 2 heterocycles. The summed E-state index contributed by atoms with van der Waals surface area (Å²) in [7, 11) is 1.55. The van der Waals surface area contributed by atoms with E-state index in [-0.39, 0.29) is 11.9 Å². The second kappa shape index (κ2) is 8.84. The van der Waals surface area contributed by atoms with Crippen molar-refractivity contribution in [2.45, 2.75) is 71.1 Å². The maximum atomic E-state index is 13.1. The van der Waals surface area contributed by atoms with E-state index in [0.29, 0.717) is 41.3 Å². The van der Waals surface area contributed by atoms with Crippen molar-refractivity contribution in [3.05, 3.63) is 16.2 Å². The molecule has 1 aromatic heterocycles. The van der Waals surface area contributed by atoms with Crippen molar-refractivity contribution < 1.29 is 19.1 Å². The Morgan fingerprint density at radius 2 is 2.03 bits per heavy atom. The Hall–Kier alpha value is -2.03. The number of amides is 2. The third-order valence-corrected chi connectivity index (χ3v) is 6.39. The van der Waals surface area contributed by atoms with Crippen LogP contribution in [0.15, 0.2) is 10.7 Å². The van der Waals surface area contributed by atoms with Crippen molar-refractivity contribution in [3.63, 3.8) is 0 Å². The molecular weight excluding hydrogens is 464 g/mol. The molecule has 3 rings (SSSR count). The molecule has 9 heteroatoms. The van der Waals surface area contributed by atoms with E-state index in [4.69, 9.17) is 9.47 Å². The number of methoxy groups -OCH3 is 1. The second-order valence-corrected chi connectivity index (χ2v) is 10.6. The van der Waals surface area contributed by atoms with Crippen LogP contribution < -0.4 is 20.3 Å². The van der Waals surface area contributed by atoms with Gasteiger partial charge in [-0.15, -0.1) is 0 Å². The second-order valence-electron chi connectivity index (χ2n) is 9.80. The van der Waals surface area contributed by atoms with Crippen molar-refractivity contribution >= 4 is 33.6 Å². The third-order valence-electron chi connectivity index (χ3n) is 5.68. The summed E-state index contributed by atoms with van der Waals surface area (Å²) >= 11 is 3.59. The van der Waals surface area contributed by atoms with Crippen molar-refractivity contribution in [2.24, 2.45) is 5.92 Å². The van der Waals surface area contributed by atoms with Crippen LogP contribution >= 0.6 is 15.9 Å². The third kappa shape index (κ3) is 5.81. The lowest BCUT2D eigenvalue weighted by molar-refractivity contribution is 0.0473. The lowest BCUT2D eigenvalue weighted by Crippen LogP contribution is -2.49. The molecule has 2 amide bonds. The predicted molar refractivity (Wildman–Crippen MR) is 123 cm³/mol. The lowest BCUT2D eigenvalue weighted by Gasteiger charge is -2.30. The van der Waals surface area contributed by atoms with Gasteiger partial charge >= 0.3 is 6.09 Å². The summed E-state index contributed by atoms with van der Waals surface area (Å²) < 4.78 is 11.4. The number of halogens is 1. The highest BCUT2D eigenvalue weighted by molar-refractivity contribution is 9.10. The Bertz CT molecular complexity index is 853. The van der Waals surface area contributed by atoms with E-state index in [1.165, 1.54) is 0 Å². The van der Waals surface area contributed by atoms with Gasteiger partial charge in [0.05, 0.1) is 23.9 Å². The van der Waals surface area contributed by atoms with Crippen molar-refractivity contribution in [2.75, 3.05) is 25.1 Å². The number of ether oxygens (including phenoxy) is 2. The fourth-order valence-corrected chi connectivity index (χ4v) is 4.61. The fraction of sp³-hybridized carbons (Fsp3) is 0.682. The summed E-state index contributed by atoms with van der Waals surface area (Å²) in [5.41, 5.74) is 0.153. The number of anilines is 1. The summed E-state index contributed by atoms with van der Waals surface area (Å²) in [5.74, 6) is 0.810. The Morgan fingerprint density at radius 3 is 2.61 bits per heavy atom. The molecular formula is C22H33BrN4O4. The highest BCUT2D eigenvalue weighted by Crippen LogP contribution is 2.40. The quantitative estimate of drug-likeness (QED) is 0.620. The van der Waals surface area contributed by atoms with Gasteiger partial charge < -0.3 is 25.0 Å². The number of alkyl carbamates (subject to hydrolysis) is 1. The topological polar surface area (TPSA) is 92.8 Å². The Labute approximate surface area is 192 Å². The van der Waals surface area contributed by atoms with E-state index < -0.39 is 17.2 Å². The standard InChI is InChI=1S/C22H33BrN4O4/c1-13(14-7-8-14)25-18(28)15-11-24-19(30-6)16(23)17(15)27-10-9-22(5,12-27)26-20(29)31-21(2,3)4/h11,13-14H,7-10,12H2,1-6H3,(H,25,28)(H,26,29)/t13-,22-/m0/s1. The first-order valence-corrected chi connectivity index (χ1v) is 11.5. The van der Waals surface area contributed by atoms with Crippen LogP contribution in [-0.4, -0.2) is 54.4 Å². The number of hydrogen-bond donors (Lipinski definition) is 2. The summed E-state index contributed by atoms with van der Waals surface area (Å²) in [6.07, 6.45) is 4.13. The first-order valence-electron chi connectivity index (χ1n) is 10.7. The fourth-order valence-electron chi connectivity index (χ4n) is 3.88. The normalized spacial score (nSPS) is 22.1. The molecule has 2 N–H and O–H groups in total. The molecule has 2 fully saturated rings. The number of hydrogen-bond acceptors (Lipinski definition) is 6. The molecule has 1 saturated carbocycles. The largest absolute Gasteiger partial charge is 0.480 e. The molecule has 1 aromatic rings. The molecule has 31 heavy (non-hydrogen) atoms. The van der Waals surface area contributed by atoms with Crippen LogP contribution in [0.3, 0.4) is 0 Å². The molecule has 8 nitrogen and oxygen atoms in total. The van der Waals surface area contributed by atoms with Crippen LogP contribution in [-0.2, 0) is 4.74 Å². The van der Waals surface area contributed by atoms with Gasteiger partial charge in [0.15, 0.2) is 0 Å². The summed E-state index contributed by atoms with van der Waals surface area (Å²) in [4.78, 5) is 31.8. The monoisotopic (exact) mass is 496 g/mol. The van der Waals surface area contributed by atoms with Gasteiger partial charge in [-0.05, 0) is 75.7 Å². The zero-order chi connectivity index (χ0) is 23.0. The molecule has 1 aliphatic carbocycles. The van der Waals surface area contributed by atoms with E-state index in [1.807, 2.05) is 34.6 Å². The molecule has 0 aromatic carbocycles. The van der Waals surface area contributed by atoms with Gasteiger partial charge in [-0.2, -0.15) is 0 Å². The molecule has 172 valence electrons. The first-order chi connectivity index (χ1) is 14.4. The van der Waals surface area contributed by atoms with Crippen molar-refractivity contribution in [1.29, 1.82) is 0 Å². The smallest absolute Gasteiger partial charge is 0.408 e. The summed E-state index contributed by atoms with van der Waals surface area (Å²) in [5, 5.41) is 6.11. The van der Waals surface area contributed by atoms with Gasteiger partial charge in [-0.3, -0.25) is 4.79 Å². The summed E-state index contributed by atoms with van der Waals surface area (Å²) in [6.45, 7) is 10.7. The number of nitrogens with zero attached hydrogens (tertiary/aromatic N) is 2. The average Bonchev–Trinajstić information content (AvgIpc) is 3.43. The zero-order valence-electron chi connectivity index (χ0n) is 19.2. The minimum atomic E-state index is -0.566. The van der Waals surface area contributed by atoms with Crippen LogP contribution in [0.25, 0.3) is 0 Å². The van der Waals surface area contributed by atoms with Gasteiger partial charge in [0.2, 0.25) is 5.88 Å². The van der Waals surface area contributed by atoms with E-state index in [9.17, 15) is 9.59 Å². The Balaban J connectivity index is 1.82. The summed E-state index contributed by atoms with van der Waals surface area (Å²) in [6, 6.07) is 0.124. The number of aromatic nitrogens is 1. The lowest BCUT2D eigenvalue weighted by atomic mass is 10.0. The Morgan fingerprint density at radius 1 is 1.35 bits per heavy atom. The van der Waals surface area contributed by atoms with E-state index >= 15 is 0 Å². The first kappa shape index (κ1) is 23.6. The number of carbonyl (C=O) groups is 2. The number of nitrogens with one attached hydrogen (secondary N) is 2. The highest BCUT2D eigenvalue weighted by Gasteiger charge is 2.39. The van der Waals surface area contributed by atoms with Crippen LogP contribution in [0.2, 0.25) is 0 Å². The van der Waals surface area contributed by atoms with Crippen molar-refractivity contribution in [3.8, 4) is 5.88 Å². The molecule has 0 spiro atoms. The minimum Gasteiger partial charge on any atom is -0.480 e. The zero-order valence-corrected chi connectivity index (χ0v) is 20.8. The van der Waals surface area contributed by atoms with Gasteiger partial charge in [0, 0.05) is 25.3 Å². The molecule has 1 saturated heterocycles. The van der Waals surface area contributed by atoms with Crippen molar-refractivity contribution in [1.82, 2.24) is 15.6 Å². The van der Waals surface area contributed by atoms with E-state index in [0.717, 1.165) is 18.5 Å². The maximum Gasteiger partial charge on any atom is 0.408 e. The van der Waals surface area contributed by atoms with Gasteiger partial charge in [-0.25, -0.2) is 9.78 Å². The Kier molecular flexibility index (Phi) is 6.74. The van der Waals surface area contributed by atoms with Crippen LogP contribution in [0.4, 0.5) is 10.5 Å². The molecule has 2 atom stereocenters. The van der Waals surface area contributed by atoms with Crippen LogP contribution in [0.5, 0.6) is 5.88 Å². The average molecular weight is 497 g/mol. The van der Waals surface area contributed by atoms with Gasteiger partial charge in [0.25, 0.3) is 5.91 Å². The van der Waals surface area contributed by atoms with E-state index in [1.54, 1.807) is 13.3 Å². The molecule has 0 radical (unpaired) electrons. The minimum absolute atomic E-state index is 0.124. The number of pyridine rings is 1. The molecule has 0 unspecified atom stereocenters. The predicted octanol–water partition coefficient (Wildman–Crippen LogP) is 3.87. The van der Waals surface area contributed by atoms with Crippen LogP contribution in [0.1, 0.15) is 64.2 Å². The molecule has 0 bridgehead atoms. The number of rotatable bonds is 6.